The molecule has 2 amide bonds. The van der Waals surface area contributed by atoms with E-state index in [2.05, 4.69) is 10.5 Å². The van der Waals surface area contributed by atoms with Gasteiger partial charge in [0.15, 0.2) is 5.76 Å². The fourth-order valence-electron chi connectivity index (χ4n) is 1.32. The predicted molar refractivity (Wildman–Crippen MR) is 58.4 cm³/mol. The first-order chi connectivity index (χ1) is 7.75. The monoisotopic (exact) mass is 217 g/mol. The van der Waals surface area contributed by atoms with Crippen LogP contribution in [0.15, 0.2) is 40.9 Å². The number of nitrogens with zero attached hydrogens (tertiary/aromatic N) is 1. The summed E-state index contributed by atoms with van der Waals surface area (Å²) >= 11 is 0. The maximum Gasteiger partial charge on any atom is 0.312 e. The third-order valence-electron chi connectivity index (χ3n) is 2.07. The first-order valence-corrected chi connectivity index (χ1v) is 4.80. The topological polar surface area (TPSA) is 81.2 Å². The van der Waals surface area contributed by atoms with E-state index in [0.717, 1.165) is 11.3 Å². The van der Waals surface area contributed by atoms with E-state index in [1.807, 2.05) is 30.3 Å². The Morgan fingerprint density at radius 1 is 1.38 bits per heavy atom. The Balaban J connectivity index is 2.11. The fraction of sp³-hybridized carbons (Fsp3) is 0.0909. The van der Waals surface area contributed by atoms with Crippen molar-refractivity contribution in [1.82, 2.24) is 10.5 Å². The summed E-state index contributed by atoms with van der Waals surface area (Å²) in [5.41, 5.74) is 6.65. The second-order valence-electron chi connectivity index (χ2n) is 3.26. The van der Waals surface area contributed by atoms with E-state index in [0.29, 0.717) is 5.76 Å². The van der Waals surface area contributed by atoms with Gasteiger partial charge < -0.3 is 15.6 Å². The lowest BCUT2D eigenvalue weighted by Gasteiger charge is -1.94. The van der Waals surface area contributed by atoms with Gasteiger partial charge in [-0.15, -0.1) is 0 Å². The molecule has 1 heterocycles. The van der Waals surface area contributed by atoms with Crippen molar-refractivity contribution >= 4 is 6.03 Å². The lowest BCUT2D eigenvalue weighted by molar-refractivity contribution is 0.247. The van der Waals surface area contributed by atoms with Crippen LogP contribution < -0.4 is 11.1 Å². The zero-order valence-corrected chi connectivity index (χ0v) is 8.51. The number of nitrogens with two attached hydrogens (primary N) is 1. The molecule has 1 aromatic heterocycles. The number of carbonyl (C=O) groups is 1. The van der Waals surface area contributed by atoms with Gasteiger partial charge in [0.1, 0.15) is 5.69 Å². The van der Waals surface area contributed by atoms with Gasteiger partial charge in [-0.1, -0.05) is 35.5 Å². The Morgan fingerprint density at radius 3 is 2.81 bits per heavy atom. The number of carbonyl (C=O) groups excluding carboxylic acids is 1. The SMILES string of the molecule is NC(=O)NCc1cc(-c2ccccc2)no1. The lowest BCUT2D eigenvalue weighted by atomic mass is 10.1. The van der Waals surface area contributed by atoms with Crippen LogP contribution in [0.5, 0.6) is 0 Å². The van der Waals surface area contributed by atoms with Crippen LogP contribution in [-0.4, -0.2) is 11.2 Å². The van der Waals surface area contributed by atoms with Gasteiger partial charge in [-0.25, -0.2) is 4.79 Å². The van der Waals surface area contributed by atoms with Gasteiger partial charge in [0.05, 0.1) is 6.54 Å². The summed E-state index contributed by atoms with van der Waals surface area (Å²) in [4.78, 5) is 10.5. The minimum Gasteiger partial charge on any atom is -0.359 e. The third kappa shape index (κ3) is 2.38. The van der Waals surface area contributed by atoms with Crippen molar-refractivity contribution in [3.63, 3.8) is 0 Å². The van der Waals surface area contributed by atoms with E-state index >= 15 is 0 Å². The second-order valence-corrected chi connectivity index (χ2v) is 3.26. The summed E-state index contributed by atoms with van der Waals surface area (Å²) in [5, 5.41) is 6.33. The summed E-state index contributed by atoms with van der Waals surface area (Å²) in [7, 11) is 0. The lowest BCUT2D eigenvalue weighted by Crippen LogP contribution is -2.28. The van der Waals surface area contributed by atoms with Crippen LogP contribution in [0.4, 0.5) is 4.79 Å². The first kappa shape index (κ1) is 10.2. The average Bonchev–Trinajstić information content (AvgIpc) is 2.76. The number of rotatable bonds is 3. The van der Waals surface area contributed by atoms with Gasteiger partial charge >= 0.3 is 6.03 Å². The number of hydrogen-bond donors (Lipinski definition) is 2. The molecule has 5 nitrogen and oxygen atoms in total. The number of benzene rings is 1. The molecule has 0 fully saturated rings. The van der Waals surface area contributed by atoms with E-state index in [4.69, 9.17) is 10.3 Å². The number of aromatic nitrogens is 1. The van der Waals surface area contributed by atoms with Crippen LogP contribution in [-0.2, 0) is 6.54 Å². The Morgan fingerprint density at radius 2 is 2.12 bits per heavy atom. The summed E-state index contributed by atoms with van der Waals surface area (Å²) in [6, 6.07) is 10.8. The molecule has 16 heavy (non-hydrogen) atoms. The van der Waals surface area contributed by atoms with Crippen molar-refractivity contribution in [2.24, 2.45) is 5.73 Å². The minimum atomic E-state index is -0.585. The largest absolute Gasteiger partial charge is 0.359 e. The summed E-state index contributed by atoms with van der Waals surface area (Å²) in [6.07, 6.45) is 0. The van der Waals surface area contributed by atoms with Crippen molar-refractivity contribution in [3.8, 4) is 11.3 Å². The van der Waals surface area contributed by atoms with Crippen molar-refractivity contribution in [2.45, 2.75) is 6.54 Å². The number of urea groups is 1. The smallest absolute Gasteiger partial charge is 0.312 e. The maximum absolute atomic E-state index is 10.5. The van der Waals surface area contributed by atoms with Crippen LogP contribution >= 0.6 is 0 Å². The zero-order valence-electron chi connectivity index (χ0n) is 8.51. The molecule has 0 saturated heterocycles. The second kappa shape index (κ2) is 4.48. The van der Waals surface area contributed by atoms with Crippen LogP contribution in [0.1, 0.15) is 5.76 Å². The van der Waals surface area contributed by atoms with Crippen molar-refractivity contribution < 1.29 is 9.32 Å². The van der Waals surface area contributed by atoms with E-state index in [9.17, 15) is 4.79 Å². The van der Waals surface area contributed by atoms with E-state index in [1.165, 1.54) is 0 Å². The van der Waals surface area contributed by atoms with E-state index < -0.39 is 6.03 Å². The Kier molecular flexibility index (Phi) is 2.86. The highest BCUT2D eigenvalue weighted by Crippen LogP contribution is 2.18. The molecule has 0 saturated carbocycles. The van der Waals surface area contributed by atoms with Gasteiger partial charge in [-0.3, -0.25) is 0 Å². The van der Waals surface area contributed by atoms with Gasteiger partial charge in [0.2, 0.25) is 0 Å². The number of primary amides is 1. The summed E-state index contributed by atoms with van der Waals surface area (Å²) in [5.74, 6) is 0.567. The molecule has 0 atom stereocenters. The quantitative estimate of drug-likeness (QED) is 0.817. The molecule has 0 bridgehead atoms. The van der Waals surface area contributed by atoms with E-state index in [-0.39, 0.29) is 6.54 Å². The molecule has 5 heteroatoms. The van der Waals surface area contributed by atoms with Crippen molar-refractivity contribution in [2.75, 3.05) is 0 Å². The van der Waals surface area contributed by atoms with Crippen LogP contribution in [0.2, 0.25) is 0 Å². The zero-order chi connectivity index (χ0) is 11.4. The molecule has 0 aliphatic rings. The summed E-state index contributed by atoms with van der Waals surface area (Å²) < 4.78 is 5.05. The van der Waals surface area contributed by atoms with Crippen molar-refractivity contribution in [3.05, 3.63) is 42.2 Å². The molecule has 2 rings (SSSR count). The minimum absolute atomic E-state index is 0.245. The highest BCUT2D eigenvalue weighted by molar-refractivity contribution is 5.71. The van der Waals surface area contributed by atoms with Crippen molar-refractivity contribution in [1.29, 1.82) is 0 Å². The first-order valence-electron chi connectivity index (χ1n) is 4.80. The molecule has 82 valence electrons. The maximum atomic E-state index is 10.5. The molecule has 3 N–H and O–H groups in total. The van der Waals surface area contributed by atoms with Gasteiger partial charge in [0, 0.05) is 11.6 Å². The van der Waals surface area contributed by atoms with E-state index in [1.54, 1.807) is 6.07 Å². The molecule has 0 unspecified atom stereocenters. The molecular weight excluding hydrogens is 206 g/mol. The highest BCUT2D eigenvalue weighted by Gasteiger charge is 2.06. The number of hydrogen-bond acceptors (Lipinski definition) is 3. The molecular formula is C11H11N3O2. The van der Waals surface area contributed by atoms with Gasteiger partial charge in [-0.2, -0.15) is 0 Å². The van der Waals surface area contributed by atoms with Gasteiger partial charge in [-0.05, 0) is 0 Å². The molecule has 0 radical (unpaired) electrons. The molecule has 0 aliphatic carbocycles. The third-order valence-corrected chi connectivity index (χ3v) is 2.07. The Bertz CT molecular complexity index is 479. The average molecular weight is 217 g/mol. The standard InChI is InChI=1S/C11H11N3O2/c12-11(15)13-7-9-6-10(14-16-9)8-4-2-1-3-5-8/h1-6H,7H2,(H3,12,13,15). The molecule has 0 aliphatic heterocycles. The normalized spacial score (nSPS) is 10.0. The number of nitrogens with one attached hydrogen (secondary N) is 1. The number of amides is 2. The molecule has 0 spiro atoms. The molecule has 1 aromatic carbocycles. The fourth-order valence-corrected chi connectivity index (χ4v) is 1.32. The Hall–Kier alpha value is -2.30. The van der Waals surface area contributed by atoms with Crippen LogP contribution in [0, 0.1) is 0 Å². The van der Waals surface area contributed by atoms with Crippen LogP contribution in [0.25, 0.3) is 11.3 Å². The summed E-state index contributed by atoms with van der Waals surface area (Å²) in [6.45, 7) is 0.245. The molecule has 2 aromatic rings. The Labute approximate surface area is 92.2 Å². The highest BCUT2D eigenvalue weighted by atomic mass is 16.5. The van der Waals surface area contributed by atoms with Crippen LogP contribution in [0.3, 0.4) is 0 Å². The van der Waals surface area contributed by atoms with Gasteiger partial charge in [0.25, 0.3) is 0 Å². The predicted octanol–water partition coefficient (Wildman–Crippen LogP) is 1.51.